The minimum atomic E-state index is -0.217. The Morgan fingerprint density at radius 1 is 1.53 bits per heavy atom. The Bertz CT molecular complexity index is 342. The average Bonchev–Trinajstić information content (AvgIpc) is 2.59. The molecule has 0 N–H and O–H groups in total. The number of halogens is 1. The lowest BCUT2D eigenvalue weighted by atomic mass is 10.1. The lowest BCUT2D eigenvalue weighted by Gasteiger charge is -2.23. The third kappa shape index (κ3) is 2.12. The van der Waals surface area contributed by atoms with Crippen molar-refractivity contribution < 1.29 is 9.23 Å². The maximum atomic E-state index is 13.1. The van der Waals surface area contributed by atoms with Gasteiger partial charge in [-0.2, -0.15) is 0 Å². The summed E-state index contributed by atoms with van der Waals surface area (Å²) in [6.07, 6.45) is 2.24. The predicted octanol–water partition coefficient (Wildman–Crippen LogP) is 3.13. The van der Waals surface area contributed by atoms with E-state index in [1.165, 1.54) is 12.1 Å². The molecule has 1 aliphatic heterocycles. The van der Waals surface area contributed by atoms with E-state index in [2.05, 4.69) is 6.92 Å². The maximum Gasteiger partial charge on any atom is 0.125 e. The minimum absolute atomic E-state index is 0.217. The monoisotopic (exact) mass is 209 g/mol. The molecule has 1 heterocycles. The number of hydrogen-bond donors (Lipinski definition) is 0. The van der Waals surface area contributed by atoms with E-state index in [-0.39, 0.29) is 11.9 Å². The van der Waals surface area contributed by atoms with Crippen LogP contribution in [0.15, 0.2) is 24.3 Å². The Morgan fingerprint density at radius 3 is 3.00 bits per heavy atom. The highest BCUT2D eigenvalue weighted by Gasteiger charge is 2.29. The summed E-state index contributed by atoms with van der Waals surface area (Å²) in [5, 5.41) is 1.84. The number of anilines is 1. The van der Waals surface area contributed by atoms with Crippen LogP contribution in [-0.4, -0.2) is 12.1 Å². The molecule has 2 nitrogen and oxygen atoms in total. The van der Waals surface area contributed by atoms with Crippen molar-refractivity contribution in [1.29, 1.82) is 0 Å². The highest BCUT2D eigenvalue weighted by Crippen LogP contribution is 2.29. The Kier molecular flexibility index (Phi) is 2.91. The summed E-state index contributed by atoms with van der Waals surface area (Å²) in [7, 11) is 0. The minimum Gasteiger partial charge on any atom is -0.270 e. The maximum absolute atomic E-state index is 13.1. The van der Waals surface area contributed by atoms with E-state index in [0.29, 0.717) is 6.04 Å². The molecule has 2 rings (SSSR count). The van der Waals surface area contributed by atoms with E-state index in [4.69, 9.17) is 4.84 Å². The summed E-state index contributed by atoms with van der Waals surface area (Å²) in [4.78, 5) is 5.67. The molecule has 0 spiro atoms. The van der Waals surface area contributed by atoms with Crippen LogP contribution in [0.1, 0.15) is 26.7 Å². The van der Waals surface area contributed by atoms with Crippen LogP contribution in [0.4, 0.5) is 10.1 Å². The van der Waals surface area contributed by atoms with Crippen molar-refractivity contribution in [3.05, 3.63) is 30.1 Å². The predicted molar refractivity (Wildman–Crippen MR) is 58.1 cm³/mol. The fourth-order valence-corrected chi connectivity index (χ4v) is 2.02. The Morgan fingerprint density at radius 2 is 2.33 bits per heavy atom. The third-order valence-corrected chi connectivity index (χ3v) is 2.76. The van der Waals surface area contributed by atoms with Gasteiger partial charge in [0.05, 0.1) is 17.8 Å². The van der Waals surface area contributed by atoms with Gasteiger partial charge in [0.1, 0.15) is 5.82 Å². The smallest absolute Gasteiger partial charge is 0.125 e. The summed E-state index contributed by atoms with van der Waals surface area (Å²) < 4.78 is 13.1. The zero-order chi connectivity index (χ0) is 10.8. The second kappa shape index (κ2) is 4.19. The zero-order valence-corrected chi connectivity index (χ0v) is 9.11. The van der Waals surface area contributed by atoms with Crippen molar-refractivity contribution in [1.82, 2.24) is 0 Å². The summed E-state index contributed by atoms with van der Waals surface area (Å²) in [6, 6.07) is 6.92. The van der Waals surface area contributed by atoms with Gasteiger partial charge >= 0.3 is 0 Å². The Hall–Kier alpha value is -1.09. The molecule has 15 heavy (non-hydrogen) atoms. The Labute approximate surface area is 89.6 Å². The van der Waals surface area contributed by atoms with E-state index in [0.717, 1.165) is 18.5 Å². The normalized spacial score (nSPS) is 25.9. The quantitative estimate of drug-likeness (QED) is 0.742. The van der Waals surface area contributed by atoms with Crippen LogP contribution in [0, 0.1) is 5.82 Å². The SMILES string of the molecule is CCC1CC(C)ON1c1cccc(F)c1. The van der Waals surface area contributed by atoms with E-state index < -0.39 is 0 Å². The van der Waals surface area contributed by atoms with Crippen molar-refractivity contribution in [2.75, 3.05) is 5.06 Å². The molecule has 1 aromatic carbocycles. The average molecular weight is 209 g/mol. The molecule has 1 aliphatic rings. The molecule has 2 unspecified atom stereocenters. The Balaban J connectivity index is 2.22. The number of rotatable bonds is 2. The van der Waals surface area contributed by atoms with Gasteiger partial charge in [-0.15, -0.1) is 0 Å². The van der Waals surface area contributed by atoms with Crippen molar-refractivity contribution in [2.45, 2.75) is 38.8 Å². The first-order chi connectivity index (χ1) is 7.20. The van der Waals surface area contributed by atoms with Crippen LogP contribution < -0.4 is 5.06 Å². The van der Waals surface area contributed by atoms with Crippen LogP contribution in [0.25, 0.3) is 0 Å². The van der Waals surface area contributed by atoms with Crippen LogP contribution in [0.5, 0.6) is 0 Å². The van der Waals surface area contributed by atoms with Crippen LogP contribution in [-0.2, 0) is 4.84 Å². The summed E-state index contributed by atoms with van der Waals surface area (Å²) in [5.41, 5.74) is 0.811. The molecule has 0 saturated carbocycles. The van der Waals surface area contributed by atoms with Gasteiger partial charge in [-0.05, 0) is 38.0 Å². The van der Waals surface area contributed by atoms with Gasteiger partial charge in [-0.1, -0.05) is 13.0 Å². The molecule has 0 bridgehead atoms. The first-order valence-electron chi connectivity index (χ1n) is 5.42. The molecule has 3 heteroatoms. The number of benzene rings is 1. The first kappa shape index (κ1) is 10.4. The van der Waals surface area contributed by atoms with Gasteiger partial charge < -0.3 is 0 Å². The zero-order valence-electron chi connectivity index (χ0n) is 9.11. The van der Waals surface area contributed by atoms with Gasteiger partial charge in [0, 0.05) is 0 Å². The number of nitrogens with zero attached hydrogens (tertiary/aromatic N) is 1. The highest BCUT2D eigenvalue weighted by molar-refractivity contribution is 5.45. The molecular weight excluding hydrogens is 193 g/mol. The van der Waals surface area contributed by atoms with E-state index in [1.54, 1.807) is 6.07 Å². The van der Waals surface area contributed by atoms with Gasteiger partial charge in [-0.3, -0.25) is 9.90 Å². The van der Waals surface area contributed by atoms with Crippen molar-refractivity contribution >= 4 is 5.69 Å². The van der Waals surface area contributed by atoms with Crippen LogP contribution in [0.2, 0.25) is 0 Å². The number of hydrogen-bond acceptors (Lipinski definition) is 2. The molecule has 0 amide bonds. The molecule has 2 atom stereocenters. The second-order valence-corrected chi connectivity index (χ2v) is 4.02. The van der Waals surface area contributed by atoms with Crippen molar-refractivity contribution in [3.63, 3.8) is 0 Å². The standard InChI is InChI=1S/C12H16FNO/c1-3-11-7-9(2)15-14(11)12-6-4-5-10(13)8-12/h4-6,8-9,11H,3,7H2,1-2H3. The summed E-state index contributed by atoms with van der Waals surface area (Å²) in [5.74, 6) is -0.217. The van der Waals surface area contributed by atoms with E-state index >= 15 is 0 Å². The molecule has 1 saturated heterocycles. The lowest BCUT2D eigenvalue weighted by Crippen LogP contribution is -2.27. The topological polar surface area (TPSA) is 12.5 Å². The van der Waals surface area contributed by atoms with Crippen molar-refractivity contribution in [2.24, 2.45) is 0 Å². The second-order valence-electron chi connectivity index (χ2n) is 4.02. The van der Waals surface area contributed by atoms with Crippen LogP contribution >= 0.6 is 0 Å². The fraction of sp³-hybridized carbons (Fsp3) is 0.500. The van der Waals surface area contributed by atoms with Crippen LogP contribution in [0.3, 0.4) is 0 Å². The third-order valence-electron chi connectivity index (χ3n) is 2.76. The molecule has 0 aliphatic carbocycles. The van der Waals surface area contributed by atoms with Gasteiger partial charge in [0.2, 0.25) is 0 Å². The first-order valence-corrected chi connectivity index (χ1v) is 5.42. The molecule has 1 fully saturated rings. The van der Waals surface area contributed by atoms with Gasteiger partial charge in [0.25, 0.3) is 0 Å². The summed E-state index contributed by atoms with van der Waals surface area (Å²) >= 11 is 0. The lowest BCUT2D eigenvalue weighted by molar-refractivity contribution is 0.0956. The fourth-order valence-electron chi connectivity index (χ4n) is 2.02. The molecule has 82 valence electrons. The number of hydroxylamine groups is 1. The van der Waals surface area contributed by atoms with E-state index in [9.17, 15) is 4.39 Å². The van der Waals surface area contributed by atoms with Gasteiger partial charge in [0.15, 0.2) is 0 Å². The highest BCUT2D eigenvalue weighted by atomic mass is 19.1. The molecule has 1 aromatic rings. The largest absolute Gasteiger partial charge is 0.270 e. The summed E-state index contributed by atoms with van der Waals surface area (Å²) in [6.45, 7) is 4.17. The molecular formula is C12H16FNO. The molecule has 0 radical (unpaired) electrons. The van der Waals surface area contributed by atoms with Gasteiger partial charge in [-0.25, -0.2) is 4.39 Å². The van der Waals surface area contributed by atoms with E-state index in [1.807, 2.05) is 18.1 Å². The van der Waals surface area contributed by atoms with Crippen molar-refractivity contribution in [3.8, 4) is 0 Å². The molecule has 0 aromatic heterocycles.